The number of thioether (sulfide) groups is 1. The lowest BCUT2D eigenvalue weighted by Gasteiger charge is -2.09. The number of alkyl halides is 3. The van der Waals surface area contributed by atoms with Crippen molar-refractivity contribution in [3.8, 4) is 0 Å². The fourth-order valence-corrected chi connectivity index (χ4v) is 2.53. The van der Waals surface area contributed by atoms with Gasteiger partial charge in [0.1, 0.15) is 17.8 Å². The molecule has 0 aliphatic heterocycles. The molecule has 2 aromatic rings. The first kappa shape index (κ1) is 14.0. The van der Waals surface area contributed by atoms with Crippen LogP contribution in [0, 0.1) is 13.8 Å². The Morgan fingerprint density at radius 1 is 1.32 bits per heavy atom. The molecule has 0 aliphatic rings. The number of halogens is 3. The lowest BCUT2D eigenvalue weighted by molar-refractivity contribution is -0.0328. The highest BCUT2D eigenvalue weighted by Gasteiger charge is 2.27. The number of aromatic nitrogens is 3. The van der Waals surface area contributed by atoms with Crippen molar-refractivity contribution in [2.24, 2.45) is 0 Å². The van der Waals surface area contributed by atoms with E-state index in [1.807, 2.05) is 13.8 Å². The molecule has 0 amide bonds. The van der Waals surface area contributed by atoms with Crippen LogP contribution in [0.4, 0.5) is 19.0 Å². The summed E-state index contributed by atoms with van der Waals surface area (Å²) in [6.07, 6.45) is 1.32. The Morgan fingerprint density at radius 3 is 2.63 bits per heavy atom. The number of hydrogen-bond donors (Lipinski definition) is 1. The molecule has 0 aromatic carbocycles. The van der Waals surface area contributed by atoms with Gasteiger partial charge in [-0.1, -0.05) is 0 Å². The quantitative estimate of drug-likeness (QED) is 0.944. The Balaban J connectivity index is 2.33. The van der Waals surface area contributed by atoms with Crippen LogP contribution in [0.15, 0.2) is 6.33 Å². The van der Waals surface area contributed by atoms with Crippen LogP contribution in [0.2, 0.25) is 0 Å². The first-order valence-corrected chi connectivity index (χ1v) is 6.56. The zero-order chi connectivity index (χ0) is 14.2. The molecular weight excluding hydrogens is 277 g/mol. The van der Waals surface area contributed by atoms with E-state index in [1.54, 1.807) is 4.57 Å². The van der Waals surface area contributed by atoms with Crippen LogP contribution in [0.5, 0.6) is 0 Å². The summed E-state index contributed by atoms with van der Waals surface area (Å²) >= 11 is -0.0364. The third-order valence-electron chi connectivity index (χ3n) is 3.02. The summed E-state index contributed by atoms with van der Waals surface area (Å²) in [5.41, 5.74) is 3.94. The number of nitrogen functional groups attached to an aromatic ring is 1. The van der Waals surface area contributed by atoms with Gasteiger partial charge in [0.05, 0.1) is 5.39 Å². The molecule has 8 heteroatoms. The maximum absolute atomic E-state index is 12.2. The molecule has 0 atom stereocenters. The van der Waals surface area contributed by atoms with Gasteiger partial charge in [0.25, 0.3) is 0 Å². The second kappa shape index (κ2) is 4.92. The number of hydrogen-bond acceptors (Lipinski definition) is 4. The van der Waals surface area contributed by atoms with Crippen LogP contribution in [0.25, 0.3) is 11.0 Å². The summed E-state index contributed by atoms with van der Waals surface area (Å²) in [4.78, 5) is 8.03. The molecule has 0 saturated carbocycles. The third kappa shape index (κ3) is 2.78. The van der Waals surface area contributed by atoms with Crippen molar-refractivity contribution in [3.63, 3.8) is 0 Å². The van der Waals surface area contributed by atoms with E-state index in [0.717, 1.165) is 16.6 Å². The zero-order valence-electron chi connectivity index (χ0n) is 10.5. The van der Waals surface area contributed by atoms with Gasteiger partial charge in [0.15, 0.2) is 0 Å². The van der Waals surface area contributed by atoms with Crippen molar-refractivity contribution in [1.82, 2.24) is 14.5 Å². The first-order chi connectivity index (χ1) is 8.81. The summed E-state index contributed by atoms with van der Waals surface area (Å²) in [6, 6.07) is 0. The van der Waals surface area contributed by atoms with Crippen molar-refractivity contribution in [1.29, 1.82) is 0 Å². The molecule has 2 heterocycles. The van der Waals surface area contributed by atoms with Crippen molar-refractivity contribution in [2.45, 2.75) is 25.9 Å². The number of fused-ring (bicyclic) bond motifs is 1. The minimum absolute atomic E-state index is 0.0364. The van der Waals surface area contributed by atoms with E-state index in [4.69, 9.17) is 5.73 Å². The van der Waals surface area contributed by atoms with Gasteiger partial charge in [-0.15, -0.1) is 0 Å². The van der Waals surface area contributed by atoms with Gasteiger partial charge in [0.2, 0.25) is 0 Å². The van der Waals surface area contributed by atoms with Crippen LogP contribution in [-0.2, 0) is 6.54 Å². The number of rotatable bonds is 3. The topological polar surface area (TPSA) is 56.7 Å². The largest absolute Gasteiger partial charge is 0.441 e. The van der Waals surface area contributed by atoms with Crippen LogP contribution < -0.4 is 5.73 Å². The van der Waals surface area contributed by atoms with Crippen molar-refractivity contribution in [2.75, 3.05) is 11.5 Å². The lowest BCUT2D eigenvalue weighted by atomic mass is 10.2. The van der Waals surface area contributed by atoms with Gasteiger partial charge in [0, 0.05) is 18.0 Å². The van der Waals surface area contributed by atoms with Crippen molar-refractivity contribution in [3.05, 3.63) is 17.6 Å². The lowest BCUT2D eigenvalue weighted by Crippen LogP contribution is -2.08. The summed E-state index contributed by atoms with van der Waals surface area (Å²) in [7, 11) is 0. The molecule has 0 spiro atoms. The fraction of sp³-hybridized carbons (Fsp3) is 0.455. The molecule has 0 saturated heterocycles. The molecule has 104 valence electrons. The molecule has 0 radical (unpaired) electrons. The molecule has 0 bridgehead atoms. The first-order valence-electron chi connectivity index (χ1n) is 5.58. The summed E-state index contributed by atoms with van der Waals surface area (Å²) in [6.45, 7) is 3.94. The van der Waals surface area contributed by atoms with E-state index in [1.165, 1.54) is 6.33 Å². The number of anilines is 1. The molecular formula is C11H13F3N4S. The third-order valence-corrected chi connectivity index (χ3v) is 3.73. The Labute approximate surface area is 112 Å². The number of aryl methyl sites for hydroxylation is 2. The average molecular weight is 290 g/mol. The molecule has 2 N–H and O–H groups in total. The summed E-state index contributed by atoms with van der Waals surface area (Å²) < 4.78 is 38.2. The van der Waals surface area contributed by atoms with Crippen LogP contribution in [0.3, 0.4) is 0 Å². The van der Waals surface area contributed by atoms with Gasteiger partial charge in [-0.25, -0.2) is 9.97 Å². The normalized spacial score (nSPS) is 12.3. The highest BCUT2D eigenvalue weighted by atomic mass is 32.2. The smallest absolute Gasteiger partial charge is 0.383 e. The van der Waals surface area contributed by atoms with Crippen LogP contribution >= 0.6 is 11.8 Å². The Morgan fingerprint density at radius 2 is 2.00 bits per heavy atom. The second-order valence-electron chi connectivity index (χ2n) is 4.11. The molecule has 0 fully saturated rings. The van der Waals surface area contributed by atoms with Gasteiger partial charge in [-0.2, -0.15) is 13.2 Å². The minimum atomic E-state index is -4.21. The number of nitrogens with two attached hydrogens (primary N) is 1. The Hall–Kier alpha value is -1.44. The van der Waals surface area contributed by atoms with E-state index < -0.39 is 5.51 Å². The number of nitrogens with zero attached hydrogens (tertiary/aromatic N) is 3. The summed E-state index contributed by atoms with van der Waals surface area (Å²) in [5.74, 6) is 0.296. The van der Waals surface area contributed by atoms with E-state index in [-0.39, 0.29) is 24.1 Å². The molecule has 0 unspecified atom stereocenters. The maximum Gasteiger partial charge on any atom is 0.441 e. The molecule has 19 heavy (non-hydrogen) atoms. The Kier molecular flexibility index (Phi) is 3.62. The van der Waals surface area contributed by atoms with Gasteiger partial charge in [-0.05, 0) is 31.2 Å². The molecule has 4 nitrogen and oxygen atoms in total. The second-order valence-corrected chi connectivity index (χ2v) is 5.27. The zero-order valence-corrected chi connectivity index (χ0v) is 11.3. The van der Waals surface area contributed by atoms with Crippen LogP contribution in [-0.4, -0.2) is 25.8 Å². The van der Waals surface area contributed by atoms with Gasteiger partial charge < -0.3 is 10.3 Å². The average Bonchev–Trinajstić information content (AvgIpc) is 2.54. The van der Waals surface area contributed by atoms with Gasteiger partial charge in [-0.3, -0.25) is 0 Å². The predicted molar refractivity (Wildman–Crippen MR) is 69.9 cm³/mol. The van der Waals surface area contributed by atoms with Crippen LogP contribution in [0.1, 0.15) is 11.3 Å². The fourth-order valence-electron chi connectivity index (χ4n) is 2.02. The van der Waals surface area contributed by atoms with E-state index in [9.17, 15) is 13.2 Å². The maximum atomic E-state index is 12.2. The minimum Gasteiger partial charge on any atom is -0.383 e. The highest BCUT2D eigenvalue weighted by molar-refractivity contribution is 8.00. The molecule has 2 aromatic heterocycles. The molecule has 2 rings (SSSR count). The van der Waals surface area contributed by atoms with Crippen molar-refractivity contribution < 1.29 is 13.2 Å². The van der Waals surface area contributed by atoms with Crippen molar-refractivity contribution >= 4 is 28.6 Å². The van der Waals surface area contributed by atoms with E-state index in [0.29, 0.717) is 11.5 Å². The molecule has 0 aliphatic carbocycles. The van der Waals surface area contributed by atoms with E-state index >= 15 is 0 Å². The van der Waals surface area contributed by atoms with Gasteiger partial charge >= 0.3 is 5.51 Å². The van der Waals surface area contributed by atoms with E-state index in [2.05, 4.69) is 9.97 Å². The highest BCUT2D eigenvalue weighted by Crippen LogP contribution is 2.31. The predicted octanol–water partition coefficient (Wildman–Crippen LogP) is 2.88. The summed E-state index contributed by atoms with van der Waals surface area (Å²) in [5, 5.41) is 0.719. The standard InChI is InChI=1S/C11H13F3N4S/c1-6-7(2)18(3-4-19-11(12,13)14)10-8(6)9(15)16-5-17-10/h5H,3-4H2,1-2H3,(H2,15,16,17). The Bertz CT molecular complexity index is 606. The monoisotopic (exact) mass is 290 g/mol. The SMILES string of the molecule is Cc1c(C)n(CCSC(F)(F)F)c2ncnc(N)c12.